The van der Waals surface area contributed by atoms with Gasteiger partial charge in [0.15, 0.2) is 12.6 Å². The van der Waals surface area contributed by atoms with Crippen LogP contribution in [0.25, 0.3) is 0 Å². The number of carbonyl (C=O) groups excluding carboxylic acids is 2. The van der Waals surface area contributed by atoms with Crippen LogP contribution in [-0.2, 0) is 38.0 Å². The normalized spacial score (nSPS) is 44.7. The van der Waals surface area contributed by atoms with Gasteiger partial charge in [-0.05, 0) is 102 Å². The number of aliphatic hydroxyl groups is 5. The van der Waals surface area contributed by atoms with E-state index < -0.39 is 91.1 Å². The summed E-state index contributed by atoms with van der Waals surface area (Å²) >= 11 is 0. The third-order valence-electron chi connectivity index (χ3n) is 15.7. The first-order valence-corrected chi connectivity index (χ1v) is 21.8. The summed E-state index contributed by atoms with van der Waals surface area (Å²) in [5, 5.41) is 53.9. The summed E-state index contributed by atoms with van der Waals surface area (Å²) in [6.45, 7) is 11.0. The zero-order chi connectivity index (χ0) is 43.3. The van der Waals surface area contributed by atoms with Crippen LogP contribution in [0, 0.1) is 28.6 Å². The third-order valence-corrected chi connectivity index (χ3v) is 15.7. The van der Waals surface area contributed by atoms with E-state index in [0.29, 0.717) is 49.7 Å². The Balaban J connectivity index is 1.07. The number of methoxy groups -OCH3 is 1. The van der Waals surface area contributed by atoms with Crippen molar-refractivity contribution in [2.24, 2.45) is 28.6 Å². The van der Waals surface area contributed by atoms with Crippen molar-refractivity contribution in [3.05, 3.63) is 59.2 Å². The molecule has 18 atom stereocenters. The van der Waals surface area contributed by atoms with Gasteiger partial charge in [-0.25, -0.2) is 9.59 Å². The Morgan fingerprint density at radius 1 is 0.983 bits per heavy atom. The maximum atomic E-state index is 13.8. The summed E-state index contributed by atoms with van der Waals surface area (Å²) < 4.78 is 43.1. The summed E-state index contributed by atoms with van der Waals surface area (Å²) in [5.74, 6) is -1.16. The van der Waals surface area contributed by atoms with E-state index in [1.54, 1.807) is 51.3 Å². The van der Waals surface area contributed by atoms with E-state index in [4.69, 9.17) is 33.2 Å². The number of fused-ring (bicyclic) bond motifs is 5. The predicted molar refractivity (Wildman–Crippen MR) is 216 cm³/mol. The second-order valence-corrected chi connectivity index (χ2v) is 18.6. The van der Waals surface area contributed by atoms with Gasteiger partial charge in [-0.2, -0.15) is 0 Å². The molecule has 2 aliphatic heterocycles. The zero-order valence-electron chi connectivity index (χ0n) is 36.0. The third kappa shape index (κ3) is 7.92. The van der Waals surface area contributed by atoms with Crippen molar-refractivity contribution < 1.29 is 68.3 Å². The topological polar surface area (TPSA) is 200 Å². The molecule has 2 heterocycles. The highest BCUT2D eigenvalue weighted by molar-refractivity contribution is 5.89. The van der Waals surface area contributed by atoms with E-state index in [-0.39, 0.29) is 35.2 Å². The van der Waals surface area contributed by atoms with E-state index in [9.17, 15) is 35.1 Å². The molecule has 14 heteroatoms. The van der Waals surface area contributed by atoms with Gasteiger partial charge >= 0.3 is 11.9 Å². The number of ether oxygens (including phenoxy) is 7. The fraction of sp³-hybridized carbons (Fsp3) is 0.739. The van der Waals surface area contributed by atoms with E-state index in [2.05, 4.69) is 13.0 Å². The quantitative estimate of drug-likeness (QED) is 0.121. The van der Waals surface area contributed by atoms with Crippen molar-refractivity contribution in [3.63, 3.8) is 0 Å². The first-order valence-electron chi connectivity index (χ1n) is 21.8. The Kier molecular flexibility index (Phi) is 13.4. The van der Waals surface area contributed by atoms with E-state index >= 15 is 0 Å². The predicted octanol–water partition coefficient (Wildman–Crippen LogP) is 4.13. The molecule has 5 N–H and O–H groups in total. The minimum atomic E-state index is -1.57. The summed E-state index contributed by atoms with van der Waals surface area (Å²) in [7, 11) is 1.55. The van der Waals surface area contributed by atoms with Gasteiger partial charge in [-0.15, -0.1) is 0 Å². The van der Waals surface area contributed by atoms with Crippen LogP contribution in [0.5, 0.6) is 0 Å². The zero-order valence-corrected chi connectivity index (χ0v) is 36.0. The van der Waals surface area contributed by atoms with Crippen molar-refractivity contribution in [3.8, 4) is 0 Å². The molecular weight excluding hydrogens is 776 g/mol. The Labute approximate surface area is 353 Å². The molecule has 5 fully saturated rings. The number of esters is 2. The van der Waals surface area contributed by atoms with Crippen LogP contribution < -0.4 is 0 Å². The number of carbonyl (C=O) groups is 2. The van der Waals surface area contributed by atoms with Gasteiger partial charge in [0.1, 0.15) is 42.7 Å². The van der Waals surface area contributed by atoms with Crippen molar-refractivity contribution in [2.45, 2.75) is 172 Å². The van der Waals surface area contributed by atoms with Crippen LogP contribution in [0.15, 0.2) is 53.6 Å². The largest absolute Gasteiger partial charge is 0.459 e. The molecule has 14 nitrogen and oxygen atoms in total. The average molecular weight is 843 g/mol. The van der Waals surface area contributed by atoms with Gasteiger partial charge in [0.25, 0.3) is 0 Å². The van der Waals surface area contributed by atoms with Gasteiger partial charge in [0.05, 0.1) is 36.1 Å². The minimum absolute atomic E-state index is 0.0103. The summed E-state index contributed by atoms with van der Waals surface area (Å²) in [4.78, 5) is 26.8. The number of hydrogen-bond donors (Lipinski definition) is 5. The lowest BCUT2D eigenvalue weighted by Crippen LogP contribution is -2.67. The van der Waals surface area contributed by atoms with Crippen molar-refractivity contribution in [2.75, 3.05) is 13.7 Å². The fourth-order valence-electron chi connectivity index (χ4n) is 11.9. The Morgan fingerprint density at radius 2 is 1.72 bits per heavy atom. The van der Waals surface area contributed by atoms with Gasteiger partial charge in [-0.1, -0.05) is 49.8 Å². The molecule has 0 radical (unpaired) electrons. The lowest BCUT2D eigenvalue weighted by molar-refractivity contribution is -0.345. The summed E-state index contributed by atoms with van der Waals surface area (Å²) in [6, 6.07) is 8.94. The van der Waals surface area contributed by atoms with Crippen LogP contribution in [-0.4, -0.2) is 130 Å². The van der Waals surface area contributed by atoms with Gasteiger partial charge in [0.2, 0.25) is 0 Å². The maximum Gasteiger partial charge on any atom is 0.338 e. The van der Waals surface area contributed by atoms with E-state index in [1.807, 2.05) is 26.8 Å². The smallest absolute Gasteiger partial charge is 0.338 e. The molecule has 0 spiro atoms. The number of rotatable bonds is 11. The molecule has 0 unspecified atom stereocenters. The number of allylic oxidation sites excluding steroid dienone is 2. The first kappa shape index (κ1) is 45.3. The molecule has 334 valence electrons. The van der Waals surface area contributed by atoms with Crippen LogP contribution >= 0.6 is 0 Å². The van der Waals surface area contributed by atoms with Crippen molar-refractivity contribution in [1.29, 1.82) is 0 Å². The number of benzene rings is 1. The molecule has 0 bridgehead atoms. The monoisotopic (exact) mass is 842 g/mol. The minimum Gasteiger partial charge on any atom is -0.459 e. The van der Waals surface area contributed by atoms with Crippen molar-refractivity contribution >= 4 is 11.9 Å². The molecule has 60 heavy (non-hydrogen) atoms. The standard InChI is InChI=1S/C46H66O14/c1-8-24(2)41(51)56-25(3)30-17-19-46(53)31-15-14-28-20-29(16-18-44(28,5)32(31)21-35(45(30,46)6)59-42(52)27-12-10-9-11-13-27)57-36-22-33(54-7)40(26(4)55-36)60-43-39(50)38(49)37(48)34(23-47)58-43/h8-14,25-26,29-40,43,47-50,53H,15-23H2,1-7H3/b24-8+/t25-,26-,29+,30-,31-,32+,33+,34-,35-,36+,37-,38+,39-,40-,43+,44+,45+,46+/m1/s1. The van der Waals surface area contributed by atoms with Crippen LogP contribution in [0.4, 0.5) is 0 Å². The molecule has 7 rings (SSSR count). The Morgan fingerprint density at radius 3 is 2.40 bits per heavy atom. The molecule has 1 aromatic rings. The average Bonchev–Trinajstić information content (AvgIpc) is 3.53. The highest BCUT2D eigenvalue weighted by Crippen LogP contribution is 2.69. The van der Waals surface area contributed by atoms with E-state index in [1.165, 1.54) is 5.57 Å². The summed E-state index contributed by atoms with van der Waals surface area (Å²) in [6.07, 6.45) is -1.91. The highest BCUT2D eigenvalue weighted by Gasteiger charge is 2.72. The van der Waals surface area contributed by atoms with Gasteiger partial charge < -0.3 is 58.7 Å². The lowest BCUT2D eigenvalue weighted by Gasteiger charge is -2.63. The van der Waals surface area contributed by atoms with Gasteiger partial charge in [-0.3, -0.25) is 0 Å². The highest BCUT2D eigenvalue weighted by atomic mass is 16.7. The SMILES string of the molecule is C/C=C(\C)C(=O)O[C@H](C)[C@H]1CC[C@]2(O)[C@@H]3CC=C4C[C@@H](O[C@H]5C[C@H](OC)[C@H](O[C@@H]6O[C@H](CO)[C@@H](O)[C@H](O)[C@H]6O)[C@@H](C)O5)CC[C@]4(C)[C@H]3C[C@@H](OC(=O)c3ccccc3)[C@]12C. The molecule has 0 aromatic heterocycles. The molecule has 3 saturated carbocycles. The van der Waals surface area contributed by atoms with Crippen LogP contribution in [0.1, 0.15) is 103 Å². The summed E-state index contributed by atoms with van der Waals surface area (Å²) in [5.41, 5.74) is -0.152. The Bertz CT molecular complexity index is 1750. The van der Waals surface area contributed by atoms with Crippen LogP contribution in [0.3, 0.4) is 0 Å². The first-order chi connectivity index (χ1) is 28.5. The second-order valence-electron chi connectivity index (χ2n) is 18.6. The van der Waals surface area contributed by atoms with Crippen LogP contribution in [0.2, 0.25) is 0 Å². The fourth-order valence-corrected chi connectivity index (χ4v) is 11.9. The lowest BCUT2D eigenvalue weighted by atomic mass is 9.44. The molecule has 1 aromatic carbocycles. The molecular formula is C46H66O14. The second kappa shape index (κ2) is 17.8. The molecule has 4 aliphatic carbocycles. The molecule has 2 saturated heterocycles. The van der Waals surface area contributed by atoms with Crippen molar-refractivity contribution in [1.82, 2.24) is 0 Å². The molecule has 6 aliphatic rings. The van der Waals surface area contributed by atoms with Gasteiger partial charge in [0, 0.05) is 30.4 Å². The maximum absolute atomic E-state index is 13.8. The number of aliphatic hydroxyl groups excluding tert-OH is 4. The molecule has 0 amide bonds. The Hall–Kier alpha value is -2.76. The van der Waals surface area contributed by atoms with E-state index in [0.717, 1.165) is 12.8 Å². The number of hydrogen-bond acceptors (Lipinski definition) is 14.